The molecule has 2 heterocycles. The minimum Gasteiger partial charge on any atom is -0.486 e. The number of nitrogens with one attached hydrogen (secondary N) is 3. The first-order valence-electron chi connectivity index (χ1n) is 10.7. The van der Waals surface area contributed by atoms with Crippen LogP contribution in [-0.4, -0.2) is 48.5 Å². The minimum atomic E-state index is -1.17. The molecule has 1 unspecified atom stereocenters. The first kappa shape index (κ1) is 20.8. The van der Waals surface area contributed by atoms with Gasteiger partial charge in [0.1, 0.15) is 25.3 Å². The summed E-state index contributed by atoms with van der Waals surface area (Å²) < 4.78 is 10.9. The van der Waals surface area contributed by atoms with Gasteiger partial charge in [-0.05, 0) is 42.5 Å². The van der Waals surface area contributed by atoms with E-state index in [0.717, 1.165) is 28.9 Å². The molecule has 1 atom stereocenters. The molecular formula is C23H22N4O6. The van der Waals surface area contributed by atoms with Gasteiger partial charge in [-0.15, -0.1) is 0 Å². The first-order valence-corrected chi connectivity index (χ1v) is 10.7. The van der Waals surface area contributed by atoms with Gasteiger partial charge < -0.3 is 20.1 Å². The number of hydrogen-bond acceptors (Lipinski definition) is 6. The second-order valence-electron chi connectivity index (χ2n) is 8.10. The van der Waals surface area contributed by atoms with Gasteiger partial charge in [0.05, 0.1) is 0 Å². The monoisotopic (exact) mass is 450 g/mol. The number of fused-ring (bicyclic) bond motifs is 3. The van der Waals surface area contributed by atoms with Gasteiger partial charge in [-0.2, -0.15) is 0 Å². The van der Waals surface area contributed by atoms with Crippen molar-refractivity contribution in [2.24, 2.45) is 0 Å². The summed E-state index contributed by atoms with van der Waals surface area (Å²) in [7, 11) is 0. The fraction of sp³-hybridized carbons (Fsp3) is 0.304. The molecule has 2 aliphatic heterocycles. The lowest BCUT2D eigenvalue weighted by Crippen LogP contribution is -2.47. The molecule has 1 spiro atoms. The Morgan fingerprint density at radius 2 is 1.85 bits per heavy atom. The highest BCUT2D eigenvalue weighted by atomic mass is 16.6. The fourth-order valence-electron chi connectivity index (χ4n) is 4.55. The molecule has 33 heavy (non-hydrogen) atoms. The largest absolute Gasteiger partial charge is 0.486 e. The average molecular weight is 450 g/mol. The van der Waals surface area contributed by atoms with Crippen molar-refractivity contribution in [3.8, 4) is 11.5 Å². The maximum absolute atomic E-state index is 13.2. The number of amides is 6. The number of imide groups is 2. The molecule has 0 aromatic heterocycles. The van der Waals surface area contributed by atoms with Crippen LogP contribution in [0, 0.1) is 0 Å². The average Bonchev–Trinajstić information content (AvgIpc) is 3.04. The zero-order valence-electron chi connectivity index (χ0n) is 17.7. The number of hydrogen-bond donors (Lipinski definition) is 3. The molecule has 1 aliphatic carbocycles. The van der Waals surface area contributed by atoms with Crippen molar-refractivity contribution in [1.82, 2.24) is 15.5 Å². The summed E-state index contributed by atoms with van der Waals surface area (Å²) >= 11 is 0. The Bertz CT molecular complexity index is 1170. The molecule has 3 N–H and O–H groups in total. The summed E-state index contributed by atoms with van der Waals surface area (Å²) in [6.07, 6.45) is 2.01. The van der Waals surface area contributed by atoms with E-state index in [1.54, 1.807) is 18.2 Å². The molecule has 0 bridgehead atoms. The molecule has 5 rings (SSSR count). The molecule has 0 saturated carbocycles. The zero-order valence-corrected chi connectivity index (χ0v) is 17.7. The number of ether oxygens (including phenoxy) is 2. The van der Waals surface area contributed by atoms with E-state index in [4.69, 9.17) is 9.47 Å². The molecule has 170 valence electrons. The highest BCUT2D eigenvalue weighted by molar-refractivity contribution is 6.11. The summed E-state index contributed by atoms with van der Waals surface area (Å²) in [6.45, 7) is 0.284. The molecule has 1 saturated heterocycles. The van der Waals surface area contributed by atoms with E-state index in [9.17, 15) is 19.2 Å². The van der Waals surface area contributed by atoms with E-state index in [1.807, 2.05) is 24.3 Å². The lowest BCUT2D eigenvalue weighted by molar-refractivity contribution is -0.135. The van der Waals surface area contributed by atoms with Gasteiger partial charge in [-0.25, -0.2) is 9.59 Å². The standard InChI is InChI=1S/C23H22N4O6/c28-19(25-21(30)24-15-7-8-17-18(12-15)33-11-10-32-17)13-27-20(29)23(26-22(27)31)9-3-5-14-4-1-2-6-16(14)23/h1-2,4,6-8,12H,3,5,9-11,13H2,(H,26,31)(H2,24,25,28,30). The van der Waals surface area contributed by atoms with Crippen LogP contribution in [0.1, 0.15) is 24.0 Å². The predicted octanol–water partition coefficient (Wildman–Crippen LogP) is 1.89. The van der Waals surface area contributed by atoms with Crippen LogP contribution < -0.4 is 25.4 Å². The Kier molecular flexibility index (Phi) is 5.12. The van der Waals surface area contributed by atoms with E-state index in [1.165, 1.54) is 0 Å². The zero-order chi connectivity index (χ0) is 23.0. The van der Waals surface area contributed by atoms with Crippen LogP contribution in [0.3, 0.4) is 0 Å². The van der Waals surface area contributed by atoms with E-state index < -0.39 is 36.0 Å². The summed E-state index contributed by atoms with van der Waals surface area (Å²) in [5, 5.41) is 7.47. The summed E-state index contributed by atoms with van der Waals surface area (Å²) in [5.74, 6) is -0.209. The van der Waals surface area contributed by atoms with Crippen LogP contribution in [-0.2, 0) is 21.5 Å². The molecule has 0 radical (unpaired) electrons. The van der Waals surface area contributed by atoms with E-state index in [-0.39, 0.29) is 0 Å². The third-order valence-electron chi connectivity index (χ3n) is 6.01. The van der Waals surface area contributed by atoms with Crippen molar-refractivity contribution < 1.29 is 28.7 Å². The van der Waals surface area contributed by atoms with Gasteiger partial charge in [0.15, 0.2) is 11.5 Å². The third-order valence-corrected chi connectivity index (χ3v) is 6.01. The molecular weight excluding hydrogens is 428 g/mol. The quantitative estimate of drug-likeness (QED) is 0.613. The highest BCUT2D eigenvalue weighted by Gasteiger charge is 2.54. The van der Waals surface area contributed by atoms with E-state index >= 15 is 0 Å². The minimum absolute atomic E-state index is 0.400. The summed E-state index contributed by atoms with van der Waals surface area (Å²) in [6, 6.07) is 10.9. The molecule has 6 amide bonds. The topological polar surface area (TPSA) is 126 Å². The number of anilines is 1. The predicted molar refractivity (Wildman–Crippen MR) is 116 cm³/mol. The second-order valence-corrected chi connectivity index (χ2v) is 8.10. The van der Waals surface area contributed by atoms with Crippen molar-refractivity contribution in [2.75, 3.05) is 25.1 Å². The Hall–Kier alpha value is -4.08. The lowest BCUT2D eigenvalue weighted by atomic mass is 9.76. The fourth-order valence-corrected chi connectivity index (χ4v) is 4.55. The maximum Gasteiger partial charge on any atom is 0.325 e. The number of urea groups is 2. The van der Waals surface area contributed by atoms with Crippen molar-refractivity contribution in [1.29, 1.82) is 0 Å². The molecule has 10 heteroatoms. The van der Waals surface area contributed by atoms with Gasteiger partial charge in [0.2, 0.25) is 5.91 Å². The van der Waals surface area contributed by atoms with Crippen LogP contribution in [0.5, 0.6) is 11.5 Å². The lowest BCUT2D eigenvalue weighted by Gasteiger charge is -2.33. The van der Waals surface area contributed by atoms with Crippen molar-refractivity contribution in [3.05, 3.63) is 53.6 Å². The van der Waals surface area contributed by atoms with Gasteiger partial charge >= 0.3 is 12.1 Å². The van der Waals surface area contributed by atoms with Crippen molar-refractivity contribution in [3.63, 3.8) is 0 Å². The highest BCUT2D eigenvalue weighted by Crippen LogP contribution is 2.39. The van der Waals surface area contributed by atoms with Gasteiger partial charge in [-0.1, -0.05) is 24.3 Å². The van der Waals surface area contributed by atoms with Crippen molar-refractivity contribution >= 4 is 29.6 Å². The summed E-state index contributed by atoms with van der Waals surface area (Å²) in [5.41, 5.74) is 0.994. The Labute approximate surface area is 189 Å². The van der Waals surface area contributed by atoms with Crippen LogP contribution in [0.4, 0.5) is 15.3 Å². The Balaban J connectivity index is 1.24. The molecule has 2 aromatic carbocycles. The van der Waals surface area contributed by atoms with Gasteiger partial charge in [0.25, 0.3) is 5.91 Å². The molecule has 1 fully saturated rings. The van der Waals surface area contributed by atoms with Crippen LogP contribution in [0.25, 0.3) is 0 Å². The third kappa shape index (κ3) is 3.73. The Morgan fingerprint density at radius 1 is 1.06 bits per heavy atom. The van der Waals surface area contributed by atoms with Gasteiger partial charge in [0, 0.05) is 11.8 Å². The first-order chi connectivity index (χ1) is 16.0. The number of rotatable bonds is 3. The Morgan fingerprint density at radius 3 is 2.70 bits per heavy atom. The number of aryl methyl sites for hydroxylation is 1. The van der Waals surface area contributed by atoms with Crippen LogP contribution in [0.2, 0.25) is 0 Å². The number of carbonyl (C=O) groups is 4. The molecule has 10 nitrogen and oxygen atoms in total. The van der Waals surface area contributed by atoms with E-state index in [0.29, 0.717) is 36.8 Å². The second kappa shape index (κ2) is 8.12. The summed E-state index contributed by atoms with van der Waals surface area (Å²) in [4.78, 5) is 51.4. The molecule has 3 aliphatic rings. The smallest absolute Gasteiger partial charge is 0.325 e. The number of nitrogens with zero attached hydrogens (tertiary/aromatic N) is 1. The van der Waals surface area contributed by atoms with E-state index in [2.05, 4.69) is 16.0 Å². The van der Waals surface area contributed by atoms with Crippen LogP contribution >= 0.6 is 0 Å². The molecule has 2 aromatic rings. The van der Waals surface area contributed by atoms with Gasteiger partial charge in [-0.3, -0.25) is 19.8 Å². The maximum atomic E-state index is 13.2. The normalized spacial score (nSPS) is 20.8. The van der Waals surface area contributed by atoms with Crippen molar-refractivity contribution in [2.45, 2.75) is 24.8 Å². The SMILES string of the molecule is O=C(CN1C(=O)NC2(CCCc3ccccc32)C1=O)NC(=O)Nc1ccc2c(c1)OCCO2. The van der Waals surface area contributed by atoms with Crippen LogP contribution in [0.15, 0.2) is 42.5 Å². The number of benzene rings is 2. The number of carbonyl (C=O) groups excluding carboxylic acids is 4.